The van der Waals surface area contributed by atoms with Crippen LogP contribution in [0.3, 0.4) is 0 Å². The number of nitrogens with zero attached hydrogens (tertiary/aromatic N) is 4. The van der Waals surface area contributed by atoms with Crippen LogP contribution >= 0.6 is 0 Å². The van der Waals surface area contributed by atoms with Gasteiger partial charge in [0.2, 0.25) is 5.95 Å². The summed E-state index contributed by atoms with van der Waals surface area (Å²) < 4.78 is 1.82. The topological polar surface area (TPSA) is 101 Å². The van der Waals surface area contributed by atoms with Crippen molar-refractivity contribution in [3.05, 3.63) is 59.2 Å². The number of rotatable bonds is 16. The fourth-order valence-corrected chi connectivity index (χ4v) is 4.97. The summed E-state index contributed by atoms with van der Waals surface area (Å²) in [5.41, 5.74) is 4.21. The zero-order valence-corrected chi connectivity index (χ0v) is 22.3. The minimum atomic E-state index is -0.0425. The van der Waals surface area contributed by atoms with Crippen molar-refractivity contribution in [2.24, 2.45) is 0 Å². The van der Waals surface area contributed by atoms with Gasteiger partial charge in [0.05, 0.1) is 18.4 Å². The lowest BCUT2D eigenvalue weighted by Gasteiger charge is -2.09. The lowest BCUT2D eigenvalue weighted by Crippen LogP contribution is -2.27. The third-order valence-corrected chi connectivity index (χ3v) is 7.20. The van der Waals surface area contributed by atoms with Crippen molar-refractivity contribution in [1.82, 2.24) is 30.3 Å². The van der Waals surface area contributed by atoms with Gasteiger partial charge in [-0.15, -0.1) is 5.10 Å². The second kappa shape index (κ2) is 14.5. The third-order valence-electron chi connectivity index (χ3n) is 7.20. The van der Waals surface area contributed by atoms with E-state index in [1.54, 1.807) is 0 Å². The average molecular weight is 506 g/mol. The molecule has 8 nitrogen and oxygen atoms in total. The SMILES string of the molecule is CCCCCc1ccc(C(=O)NCCn2cc(CCCCCc3cnc(NC4CCCC4)[nH]3)nn2)cc1. The van der Waals surface area contributed by atoms with E-state index >= 15 is 0 Å². The van der Waals surface area contributed by atoms with Gasteiger partial charge in [0.15, 0.2) is 0 Å². The first-order chi connectivity index (χ1) is 18.2. The number of aryl methyl sites for hydroxylation is 3. The predicted molar refractivity (Wildman–Crippen MR) is 148 cm³/mol. The van der Waals surface area contributed by atoms with Crippen LogP contribution in [-0.4, -0.2) is 43.5 Å². The van der Waals surface area contributed by atoms with E-state index in [1.165, 1.54) is 56.2 Å². The van der Waals surface area contributed by atoms with Crippen molar-refractivity contribution in [2.45, 2.75) is 103 Å². The van der Waals surface area contributed by atoms with Crippen LogP contribution in [0.15, 0.2) is 36.7 Å². The molecule has 1 aromatic carbocycles. The van der Waals surface area contributed by atoms with Crippen LogP contribution in [0, 0.1) is 0 Å². The first kappa shape index (κ1) is 26.9. The number of imidazole rings is 1. The molecule has 8 heteroatoms. The summed E-state index contributed by atoms with van der Waals surface area (Å²) in [6.45, 7) is 3.36. The quantitative estimate of drug-likeness (QED) is 0.224. The van der Waals surface area contributed by atoms with Crippen molar-refractivity contribution in [3.63, 3.8) is 0 Å². The maximum Gasteiger partial charge on any atom is 0.251 e. The molecule has 1 amide bonds. The highest BCUT2D eigenvalue weighted by Gasteiger charge is 2.15. The Balaban J connectivity index is 1.07. The Morgan fingerprint density at radius 1 is 1.03 bits per heavy atom. The molecule has 3 N–H and O–H groups in total. The number of aromatic nitrogens is 5. The van der Waals surface area contributed by atoms with Crippen LogP contribution in [-0.2, 0) is 25.8 Å². The van der Waals surface area contributed by atoms with E-state index in [0.717, 1.165) is 50.2 Å². The number of H-pyrrole nitrogens is 1. The number of aromatic amines is 1. The number of unbranched alkanes of at least 4 members (excludes halogenated alkanes) is 4. The van der Waals surface area contributed by atoms with E-state index in [1.807, 2.05) is 29.2 Å². The zero-order chi connectivity index (χ0) is 25.7. The van der Waals surface area contributed by atoms with Crippen LogP contribution in [0.2, 0.25) is 0 Å². The monoisotopic (exact) mass is 505 g/mol. The summed E-state index contributed by atoms with van der Waals surface area (Å²) in [5, 5.41) is 15.0. The molecule has 200 valence electrons. The van der Waals surface area contributed by atoms with Gasteiger partial charge in [0.25, 0.3) is 5.91 Å². The molecule has 4 rings (SSSR count). The summed E-state index contributed by atoms with van der Waals surface area (Å²) in [7, 11) is 0. The van der Waals surface area contributed by atoms with Crippen LogP contribution < -0.4 is 10.6 Å². The summed E-state index contributed by atoms with van der Waals surface area (Å²) in [6, 6.07) is 8.55. The van der Waals surface area contributed by atoms with E-state index in [0.29, 0.717) is 24.7 Å². The molecule has 1 fully saturated rings. The van der Waals surface area contributed by atoms with Crippen molar-refractivity contribution < 1.29 is 4.79 Å². The van der Waals surface area contributed by atoms with E-state index < -0.39 is 0 Å². The van der Waals surface area contributed by atoms with Crippen LogP contribution in [0.4, 0.5) is 5.95 Å². The second-order valence-corrected chi connectivity index (χ2v) is 10.3. The number of benzene rings is 1. The number of amides is 1. The Morgan fingerprint density at radius 2 is 1.81 bits per heavy atom. The summed E-state index contributed by atoms with van der Waals surface area (Å²) in [5.74, 6) is 0.879. The molecule has 3 aromatic rings. The number of anilines is 1. The van der Waals surface area contributed by atoms with Crippen LogP contribution in [0.5, 0.6) is 0 Å². The Morgan fingerprint density at radius 3 is 2.62 bits per heavy atom. The van der Waals surface area contributed by atoms with Gasteiger partial charge in [0, 0.05) is 30.0 Å². The lowest BCUT2D eigenvalue weighted by molar-refractivity contribution is 0.0952. The molecule has 2 heterocycles. The van der Waals surface area contributed by atoms with Crippen molar-refractivity contribution >= 4 is 11.9 Å². The molecule has 1 aliphatic rings. The maximum absolute atomic E-state index is 12.4. The molecule has 0 radical (unpaired) electrons. The molecule has 37 heavy (non-hydrogen) atoms. The van der Waals surface area contributed by atoms with Gasteiger partial charge in [-0.1, -0.05) is 56.4 Å². The fourth-order valence-electron chi connectivity index (χ4n) is 4.97. The molecule has 0 aliphatic heterocycles. The second-order valence-electron chi connectivity index (χ2n) is 10.3. The molecule has 0 spiro atoms. The Labute approximate surface area is 221 Å². The molecule has 1 saturated carbocycles. The van der Waals surface area contributed by atoms with Gasteiger partial charge in [-0.2, -0.15) is 0 Å². The van der Waals surface area contributed by atoms with E-state index in [2.05, 4.69) is 50.0 Å². The van der Waals surface area contributed by atoms with Crippen molar-refractivity contribution in [1.29, 1.82) is 0 Å². The molecule has 1 aliphatic carbocycles. The molecular weight excluding hydrogens is 462 g/mol. The van der Waals surface area contributed by atoms with Crippen LogP contribution in [0.1, 0.15) is 98.4 Å². The van der Waals surface area contributed by atoms with Gasteiger partial charge in [-0.05, 0) is 69.1 Å². The largest absolute Gasteiger partial charge is 0.353 e. The fraction of sp³-hybridized carbons (Fsp3) is 0.586. The number of carbonyl (C=O) groups is 1. The standard InChI is InChI=1S/C29H43N7O/c1-2-3-5-10-23-15-17-24(18-16-23)28(37)30-19-20-36-22-27(34-35-36)14-7-4-6-13-26-21-31-29(33-26)32-25-11-8-9-12-25/h15-18,21-22,25H,2-14,19-20H2,1H3,(H,30,37)(H2,31,32,33). The molecule has 2 aromatic heterocycles. The van der Waals surface area contributed by atoms with Gasteiger partial charge in [-0.25, -0.2) is 4.98 Å². The number of nitrogens with one attached hydrogen (secondary N) is 3. The minimum Gasteiger partial charge on any atom is -0.353 e. The van der Waals surface area contributed by atoms with Gasteiger partial charge in [0.1, 0.15) is 0 Å². The number of carbonyl (C=O) groups excluding carboxylic acids is 1. The van der Waals surface area contributed by atoms with E-state index in [4.69, 9.17) is 0 Å². The average Bonchev–Trinajstić information content (AvgIpc) is 3.68. The first-order valence-electron chi connectivity index (χ1n) is 14.3. The smallest absolute Gasteiger partial charge is 0.251 e. The highest BCUT2D eigenvalue weighted by atomic mass is 16.1. The van der Waals surface area contributed by atoms with Gasteiger partial charge < -0.3 is 15.6 Å². The number of hydrogen-bond donors (Lipinski definition) is 3. The first-order valence-corrected chi connectivity index (χ1v) is 14.3. The highest BCUT2D eigenvalue weighted by Crippen LogP contribution is 2.21. The minimum absolute atomic E-state index is 0.0425. The lowest BCUT2D eigenvalue weighted by atomic mass is 10.1. The summed E-state index contributed by atoms with van der Waals surface area (Å²) in [6.07, 6.45) is 19.2. The van der Waals surface area contributed by atoms with Crippen molar-refractivity contribution in [2.75, 3.05) is 11.9 Å². The molecule has 0 unspecified atom stereocenters. The summed E-state index contributed by atoms with van der Waals surface area (Å²) >= 11 is 0. The molecule has 0 atom stereocenters. The van der Waals surface area contributed by atoms with E-state index in [9.17, 15) is 4.79 Å². The van der Waals surface area contributed by atoms with Crippen LogP contribution in [0.25, 0.3) is 0 Å². The normalized spacial score (nSPS) is 13.8. The molecule has 0 bridgehead atoms. The van der Waals surface area contributed by atoms with Crippen molar-refractivity contribution in [3.8, 4) is 0 Å². The van der Waals surface area contributed by atoms with Gasteiger partial charge >= 0.3 is 0 Å². The van der Waals surface area contributed by atoms with Gasteiger partial charge in [-0.3, -0.25) is 9.48 Å². The zero-order valence-electron chi connectivity index (χ0n) is 22.3. The predicted octanol–water partition coefficient (Wildman–Crippen LogP) is 5.47. The third kappa shape index (κ3) is 9.02. The Kier molecular flexibility index (Phi) is 10.6. The molecule has 0 saturated heterocycles. The molecular formula is C29H43N7O. The Hall–Kier alpha value is -3.16. The maximum atomic E-state index is 12.4. The van der Waals surface area contributed by atoms with E-state index in [-0.39, 0.29) is 5.91 Å². The number of hydrogen-bond acceptors (Lipinski definition) is 5. The summed E-state index contributed by atoms with van der Waals surface area (Å²) in [4.78, 5) is 20.3. The Bertz CT molecular complexity index is 1070. The highest BCUT2D eigenvalue weighted by molar-refractivity contribution is 5.94.